The summed E-state index contributed by atoms with van der Waals surface area (Å²) >= 11 is 1.59. The Morgan fingerprint density at radius 3 is 2.71 bits per heavy atom. The number of carbonyl (C=O) groups excluding carboxylic acids is 1. The lowest BCUT2D eigenvalue weighted by Crippen LogP contribution is -2.50. The third kappa shape index (κ3) is 4.30. The van der Waals surface area contributed by atoms with Gasteiger partial charge in [0.25, 0.3) is 0 Å². The number of nitrogens with zero attached hydrogens (tertiary/aromatic N) is 4. The predicted molar refractivity (Wildman–Crippen MR) is 96.2 cm³/mol. The molecule has 0 radical (unpaired) electrons. The molecule has 24 heavy (non-hydrogen) atoms. The summed E-state index contributed by atoms with van der Waals surface area (Å²) in [5.74, 6) is 1.08. The molecule has 0 spiro atoms. The molecule has 0 unspecified atom stereocenters. The highest BCUT2D eigenvalue weighted by atomic mass is 32.1. The van der Waals surface area contributed by atoms with Gasteiger partial charge >= 0.3 is 0 Å². The molecule has 1 fully saturated rings. The van der Waals surface area contributed by atoms with Gasteiger partial charge in [0.2, 0.25) is 5.91 Å². The third-order valence-electron chi connectivity index (χ3n) is 4.21. The standard InChI is InChI=1S/C17H23N5OS/c1-2-14(17-19-7-12-24-17)20-16(23)13-21-8-10-22(11-9-21)15-5-3-4-6-18-15/h3-7,12,14H,2,8-11,13H2,1H3,(H,20,23)/t14-/m0/s1. The fourth-order valence-electron chi connectivity index (χ4n) is 2.86. The molecule has 1 aliphatic heterocycles. The molecule has 0 aliphatic carbocycles. The van der Waals surface area contributed by atoms with Crippen molar-refractivity contribution in [2.45, 2.75) is 19.4 Å². The molecule has 7 heteroatoms. The lowest BCUT2D eigenvalue weighted by molar-refractivity contribution is -0.123. The van der Waals surface area contributed by atoms with Crippen LogP contribution in [-0.2, 0) is 4.79 Å². The maximum absolute atomic E-state index is 12.3. The molecule has 0 saturated carbocycles. The average Bonchev–Trinajstić information content (AvgIpc) is 3.15. The zero-order valence-corrected chi connectivity index (χ0v) is 14.7. The Kier molecular flexibility index (Phi) is 5.77. The van der Waals surface area contributed by atoms with Crippen molar-refractivity contribution in [1.29, 1.82) is 0 Å². The highest BCUT2D eigenvalue weighted by Crippen LogP contribution is 2.18. The number of anilines is 1. The van der Waals surface area contributed by atoms with Gasteiger partial charge in [-0.15, -0.1) is 11.3 Å². The van der Waals surface area contributed by atoms with Crippen LogP contribution in [0.2, 0.25) is 0 Å². The van der Waals surface area contributed by atoms with Crippen molar-refractivity contribution in [2.24, 2.45) is 0 Å². The Morgan fingerprint density at radius 2 is 2.08 bits per heavy atom. The number of hydrogen-bond donors (Lipinski definition) is 1. The van der Waals surface area contributed by atoms with Gasteiger partial charge in [-0.25, -0.2) is 9.97 Å². The first-order chi connectivity index (χ1) is 11.8. The molecule has 128 valence electrons. The fraction of sp³-hybridized carbons (Fsp3) is 0.471. The maximum atomic E-state index is 12.3. The van der Waals surface area contributed by atoms with E-state index in [4.69, 9.17) is 0 Å². The van der Waals surface area contributed by atoms with Gasteiger partial charge in [0, 0.05) is 44.0 Å². The molecule has 3 rings (SSSR count). The third-order valence-corrected chi connectivity index (χ3v) is 5.09. The normalized spacial score (nSPS) is 16.8. The second-order valence-corrected chi connectivity index (χ2v) is 6.78. The Hall–Kier alpha value is -1.99. The number of pyridine rings is 1. The largest absolute Gasteiger partial charge is 0.354 e. The summed E-state index contributed by atoms with van der Waals surface area (Å²) in [4.78, 5) is 25.5. The molecule has 6 nitrogen and oxygen atoms in total. The van der Waals surface area contributed by atoms with Crippen molar-refractivity contribution in [3.05, 3.63) is 41.0 Å². The van der Waals surface area contributed by atoms with E-state index >= 15 is 0 Å². The summed E-state index contributed by atoms with van der Waals surface area (Å²) in [7, 11) is 0. The first-order valence-electron chi connectivity index (χ1n) is 8.33. The number of amides is 1. The number of hydrogen-bond acceptors (Lipinski definition) is 6. The number of carbonyl (C=O) groups is 1. The van der Waals surface area contributed by atoms with Crippen LogP contribution in [0.4, 0.5) is 5.82 Å². The smallest absolute Gasteiger partial charge is 0.234 e. The van der Waals surface area contributed by atoms with Gasteiger partial charge in [-0.3, -0.25) is 9.69 Å². The van der Waals surface area contributed by atoms with E-state index in [0.29, 0.717) is 6.54 Å². The minimum Gasteiger partial charge on any atom is -0.354 e. The van der Waals surface area contributed by atoms with E-state index in [-0.39, 0.29) is 11.9 Å². The predicted octanol–water partition coefficient (Wildman–Crippen LogP) is 1.93. The molecule has 3 heterocycles. The van der Waals surface area contributed by atoms with Crippen LogP contribution in [0.25, 0.3) is 0 Å². The van der Waals surface area contributed by atoms with E-state index in [1.165, 1.54) is 0 Å². The van der Waals surface area contributed by atoms with Gasteiger partial charge in [-0.1, -0.05) is 13.0 Å². The molecule has 2 aromatic rings. The quantitative estimate of drug-likeness (QED) is 0.867. The Balaban J connectivity index is 1.46. The molecular formula is C17H23N5OS. The number of nitrogens with one attached hydrogen (secondary N) is 1. The Morgan fingerprint density at radius 1 is 1.25 bits per heavy atom. The van der Waals surface area contributed by atoms with Crippen molar-refractivity contribution >= 4 is 23.1 Å². The van der Waals surface area contributed by atoms with Crippen LogP contribution in [0.1, 0.15) is 24.4 Å². The van der Waals surface area contributed by atoms with E-state index in [0.717, 1.165) is 43.4 Å². The number of thiazole rings is 1. The van der Waals surface area contributed by atoms with Gasteiger partial charge in [-0.2, -0.15) is 0 Å². The summed E-state index contributed by atoms with van der Waals surface area (Å²) in [6.07, 6.45) is 4.46. The topological polar surface area (TPSA) is 61.4 Å². The van der Waals surface area contributed by atoms with E-state index in [9.17, 15) is 4.79 Å². The second-order valence-electron chi connectivity index (χ2n) is 5.85. The van der Waals surface area contributed by atoms with Crippen LogP contribution in [-0.4, -0.2) is 53.5 Å². The van der Waals surface area contributed by atoms with E-state index in [1.807, 2.05) is 29.8 Å². The van der Waals surface area contributed by atoms with Crippen molar-refractivity contribution in [2.75, 3.05) is 37.6 Å². The Bertz CT molecular complexity index is 626. The van der Waals surface area contributed by atoms with Gasteiger partial charge in [0.1, 0.15) is 10.8 Å². The molecule has 1 atom stereocenters. The summed E-state index contributed by atoms with van der Waals surface area (Å²) in [5.41, 5.74) is 0. The lowest BCUT2D eigenvalue weighted by Gasteiger charge is -2.35. The van der Waals surface area contributed by atoms with E-state index < -0.39 is 0 Å². The van der Waals surface area contributed by atoms with Crippen molar-refractivity contribution in [3.8, 4) is 0 Å². The van der Waals surface area contributed by atoms with Crippen LogP contribution < -0.4 is 10.2 Å². The van der Waals surface area contributed by atoms with Crippen LogP contribution in [0, 0.1) is 0 Å². The molecule has 2 aromatic heterocycles. The summed E-state index contributed by atoms with van der Waals surface area (Å²) < 4.78 is 0. The van der Waals surface area contributed by atoms with Crippen LogP contribution in [0.5, 0.6) is 0 Å². The van der Waals surface area contributed by atoms with Crippen LogP contribution >= 0.6 is 11.3 Å². The molecule has 0 bridgehead atoms. The first kappa shape index (κ1) is 16.9. The Labute approximate surface area is 146 Å². The minimum absolute atomic E-state index is 0.0207. The van der Waals surface area contributed by atoms with Crippen molar-refractivity contribution in [1.82, 2.24) is 20.2 Å². The summed E-state index contributed by atoms with van der Waals surface area (Å²) in [6.45, 7) is 6.05. The highest BCUT2D eigenvalue weighted by molar-refractivity contribution is 7.09. The van der Waals surface area contributed by atoms with Crippen LogP contribution in [0.3, 0.4) is 0 Å². The minimum atomic E-state index is 0.0207. The van der Waals surface area contributed by atoms with E-state index in [2.05, 4.69) is 32.0 Å². The highest BCUT2D eigenvalue weighted by Gasteiger charge is 2.21. The molecular weight excluding hydrogens is 322 g/mol. The van der Waals surface area contributed by atoms with Gasteiger partial charge < -0.3 is 10.2 Å². The maximum Gasteiger partial charge on any atom is 0.234 e. The molecule has 1 aliphatic rings. The SMILES string of the molecule is CC[C@H](NC(=O)CN1CCN(c2ccccn2)CC1)c1nccs1. The lowest BCUT2D eigenvalue weighted by atomic mass is 10.2. The molecule has 1 N–H and O–H groups in total. The average molecular weight is 345 g/mol. The number of piperazine rings is 1. The fourth-order valence-corrected chi connectivity index (χ4v) is 3.64. The number of rotatable bonds is 6. The van der Waals surface area contributed by atoms with Crippen molar-refractivity contribution < 1.29 is 4.79 Å². The first-order valence-corrected chi connectivity index (χ1v) is 9.21. The zero-order valence-electron chi connectivity index (χ0n) is 13.9. The second kappa shape index (κ2) is 8.21. The van der Waals surface area contributed by atoms with Crippen LogP contribution in [0.15, 0.2) is 36.0 Å². The van der Waals surface area contributed by atoms with Gasteiger partial charge in [0.15, 0.2) is 0 Å². The molecule has 1 amide bonds. The van der Waals surface area contributed by atoms with Gasteiger partial charge in [0.05, 0.1) is 12.6 Å². The molecule has 0 aromatic carbocycles. The summed E-state index contributed by atoms with van der Waals surface area (Å²) in [6, 6.07) is 5.98. The summed E-state index contributed by atoms with van der Waals surface area (Å²) in [5, 5.41) is 6.02. The molecule has 1 saturated heterocycles. The van der Waals surface area contributed by atoms with Crippen molar-refractivity contribution in [3.63, 3.8) is 0 Å². The number of aromatic nitrogens is 2. The zero-order chi connectivity index (χ0) is 16.8. The van der Waals surface area contributed by atoms with E-state index in [1.54, 1.807) is 17.5 Å². The van der Waals surface area contributed by atoms with Gasteiger partial charge in [-0.05, 0) is 18.6 Å². The monoisotopic (exact) mass is 345 g/mol.